The van der Waals surface area contributed by atoms with E-state index in [4.69, 9.17) is 10.5 Å². The molecule has 0 heterocycles. The first-order valence-corrected chi connectivity index (χ1v) is 5.25. The van der Waals surface area contributed by atoms with Crippen molar-refractivity contribution < 1.29 is 4.74 Å². The summed E-state index contributed by atoms with van der Waals surface area (Å²) >= 11 is 0. The molecule has 2 heteroatoms. The summed E-state index contributed by atoms with van der Waals surface area (Å²) in [5.74, 6) is 0. The molecule has 0 aliphatic heterocycles. The van der Waals surface area contributed by atoms with Crippen molar-refractivity contribution in [1.29, 1.82) is 0 Å². The first-order chi connectivity index (χ1) is 5.84. The lowest BCUT2D eigenvalue weighted by Crippen LogP contribution is -2.36. The first-order valence-electron chi connectivity index (χ1n) is 5.25. The number of ether oxygens (including phenoxy) is 1. The Morgan fingerprint density at radius 3 is 2.17 bits per heavy atom. The van der Waals surface area contributed by atoms with Crippen molar-refractivity contribution in [1.82, 2.24) is 0 Å². The number of hydrogen-bond acceptors (Lipinski definition) is 2. The standard InChI is InChI=1S/C10H19NO/c11-8-3-1-6-10(7-8)12-9-4-2-5-9/h8-10H,1-7,11H2/t8-,10+/m1/s1. The van der Waals surface area contributed by atoms with Crippen molar-refractivity contribution >= 4 is 0 Å². The van der Waals surface area contributed by atoms with E-state index in [1.54, 1.807) is 0 Å². The van der Waals surface area contributed by atoms with Crippen LogP contribution >= 0.6 is 0 Å². The van der Waals surface area contributed by atoms with E-state index in [1.807, 2.05) is 0 Å². The van der Waals surface area contributed by atoms with Gasteiger partial charge in [-0.05, 0) is 44.9 Å². The minimum atomic E-state index is 0.406. The molecule has 12 heavy (non-hydrogen) atoms. The fourth-order valence-electron chi connectivity index (χ4n) is 2.08. The van der Waals surface area contributed by atoms with Crippen LogP contribution in [-0.2, 0) is 4.74 Å². The second-order valence-electron chi connectivity index (χ2n) is 4.24. The lowest BCUT2D eigenvalue weighted by atomic mass is 9.91. The normalized spacial score (nSPS) is 37.8. The molecule has 2 fully saturated rings. The summed E-state index contributed by atoms with van der Waals surface area (Å²) in [6, 6.07) is 0.406. The molecule has 0 unspecified atom stereocenters. The maximum absolute atomic E-state index is 5.92. The molecule has 70 valence electrons. The van der Waals surface area contributed by atoms with E-state index in [2.05, 4.69) is 0 Å². The summed E-state index contributed by atoms with van der Waals surface area (Å²) in [6.45, 7) is 0. The lowest BCUT2D eigenvalue weighted by Gasteiger charge is -2.34. The van der Waals surface area contributed by atoms with Crippen LogP contribution < -0.4 is 5.73 Å². The topological polar surface area (TPSA) is 35.2 Å². The smallest absolute Gasteiger partial charge is 0.0593 e. The van der Waals surface area contributed by atoms with Gasteiger partial charge in [0.2, 0.25) is 0 Å². The van der Waals surface area contributed by atoms with Crippen LogP contribution in [0.5, 0.6) is 0 Å². The predicted molar refractivity (Wildman–Crippen MR) is 49.0 cm³/mol. The molecule has 2 atom stereocenters. The Morgan fingerprint density at radius 2 is 1.58 bits per heavy atom. The molecular formula is C10H19NO. The molecule has 0 amide bonds. The van der Waals surface area contributed by atoms with Crippen LogP contribution in [0.4, 0.5) is 0 Å². The molecule has 0 spiro atoms. The third kappa shape index (κ3) is 1.99. The van der Waals surface area contributed by atoms with Gasteiger partial charge in [0.15, 0.2) is 0 Å². The Labute approximate surface area is 74.5 Å². The first kappa shape index (κ1) is 8.52. The van der Waals surface area contributed by atoms with Crippen LogP contribution in [-0.4, -0.2) is 18.2 Å². The average molecular weight is 169 g/mol. The van der Waals surface area contributed by atoms with Crippen LogP contribution in [0.1, 0.15) is 44.9 Å². The van der Waals surface area contributed by atoms with Crippen molar-refractivity contribution in [2.24, 2.45) is 5.73 Å². The summed E-state index contributed by atoms with van der Waals surface area (Å²) < 4.78 is 5.92. The van der Waals surface area contributed by atoms with E-state index in [9.17, 15) is 0 Å². The summed E-state index contributed by atoms with van der Waals surface area (Å²) in [5.41, 5.74) is 5.88. The molecule has 2 aliphatic rings. The summed E-state index contributed by atoms with van der Waals surface area (Å²) in [4.78, 5) is 0. The van der Waals surface area contributed by atoms with Gasteiger partial charge in [-0.3, -0.25) is 0 Å². The van der Waals surface area contributed by atoms with Crippen LogP contribution in [0.3, 0.4) is 0 Å². The highest BCUT2D eigenvalue weighted by molar-refractivity contribution is 4.78. The highest BCUT2D eigenvalue weighted by Gasteiger charge is 2.25. The molecule has 0 radical (unpaired) electrons. The monoisotopic (exact) mass is 169 g/mol. The minimum absolute atomic E-state index is 0.406. The van der Waals surface area contributed by atoms with E-state index in [-0.39, 0.29) is 0 Å². The Balaban J connectivity index is 1.71. The highest BCUT2D eigenvalue weighted by atomic mass is 16.5. The van der Waals surface area contributed by atoms with Crippen LogP contribution in [0.25, 0.3) is 0 Å². The van der Waals surface area contributed by atoms with Gasteiger partial charge in [-0.1, -0.05) is 0 Å². The molecule has 2 nitrogen and oxygen atoms in total. The molecule has 2 saturated carbocycles. The molecule has 0 aromatic heterocycles. The fourth-order valence-corrected chi connectivity index (χ4v) is 2.08. The highest BCUT2D eigenvalue weighted by Crippen LogP contribution is 2.28. The van der Waals surface area contributed by atoms with Gasteiger partial charge >= 0.3 is 0 Å². The predicted octanol–water partition coefficient (Wildman–Crippen LogP) is 1.83. The van der Waals surface area contributed by atoms with Crippen molar-refractivity contribution in [3.8, 4) is 0 Å². The van der Waals surface area contributed by atoms with E-state index < -0.39 is 0 Å². The third-order valence-corrected chi connectivity index (χ3v) is 3.10. The van der Waals surface area contributed by atoms with Gasteiger partial charge in [-0.25, -0.2) is 0 Å². The summed E-state index contributed by atoms with van der Waals surface area (Å²) in [7, 11) is 0. The van der Waals surface area contributed by atoms with Crippen molar-refractivity contribution in [3.63, 3.8) is 0 Å². The Hall–Kier alpha value is -0.0800. The van der Waals surface area contributed by atoms with E-state index in [0.717, 1.165) is 6.42 Å². The molecule has 0 aromatic carbocycles. The fraction of sp³-hybridized carbons (Fsp3) is 1.00. The quantitative estimate of drug-likeness (QED) is 0.684. The number of nitrogens with two attached hydrogens (primary N) is 1. The van der Waals surface area contributed by atoms with E-state index in [0.29, 0.717) is 18.2 Å². The average Bonchev–Trinajstić information content (AvgIpc) is 1.97. The largest absolute Gasteiger partial charge is 0.375 e. The van der Waals surface area contributed by atoms with Gasteiger partial charge in [0.1, 0.15) is 0 Å². The molecule has 0 aromatic rings. The molecule has 0 bridgehead atoms. The zero-order valence-electron chi connectivity index (χ0n) is 7.67. The van der Waals surface area contributed by atoms with E-state index >= 15 is 0 Å². The van der Waals surface area contributed by atoms with Crippen LogP contribution in [0, 0.1) is 0 Å². The van der Waals surface area contributed by atoms with Crippen LogP contribution in [0.2, 0.25) is 0 Å². The van der Waals surface area contributed by atoms with Gasteiger partial charge in [-0.15, -0.1) is 0 Å². The lowest BCUT2D eigenvalue weighted by molar-refractivity contribution is -0.0669. The maximum atomic E-state index is 5.92. The Bertz CT molecular complexity index is 145. The molecule has 2 rings (SSSR count). The van der Waals surface area contributed by atoms with E-state index in [1.165, 1.54) is 38.5 Å². The second kappa shape index (κ2) is 3.75. The van der Waals surface area contributed by atoms with Crippen molar-refractivity contribution in [3.05, 3.63) is 0 Å². The Morgan fingerprint density at radius 1 is 0.917 bits per heavy atom. The minimum Gasteiger partial charge on any atom is -0.375 e. The Kier molecular flexibility index (Phi) is 2.66. The molecular weight excluding hydrogens is 150 g/mol. The molecule has 0 saturated heterocycles. The zero-order valence-corrected chi connectivity index (χ0v) is 7.67. The number of hydrogen-bond donors (Lipinski definition) is 1. The van der Waals surface area contributed by atoms with Gasteiger partial charge in [0, 0.05) is 6.04 Å². The second-order valence-corrected chi connectivity index (χ2v) is 4.24. The van der Waals surface area contributed by atoms with Crippen molar-refractivity contribution in [2.75, 3.05) is 0 Å². The SMILES string of the molecule is N[C@@H]1CCC[C@H](OC2CCC2)C1. The van der Waals surface area contributed by atoms with Gasteiger partial charge in [0.05, 0.1) is 12.2 Å². The van der Waals surface area contributed by atoms with Gasteiger partial charge in [-0.2, -0.15) is 0 Å². The van der Waals surface area contributed by atoms with Gasteiger partial charge in [0.25, 0.3) is 0 Å². The maximum Gasteiger partial charge on any atom is 0.0593 e. The zero-order chi connectivity index (χ0) is 8.39. The van der Waals surface area contributed by atoms with Gasteiger partial charge < -0.3 is 10.5 Å². The molecule has 2 N–H and O–H groups in total. The third-order valence-electron chi connectivity index (χ3n) is 3.10. The number of rotatable bonds is 2. The van der Waals surface area contributed by atoms with Crippen LogP contribution in [0.15, 0.2) is 0 Å². The van der Waals surface area contributed by atoms with Crippen molar-refractivity contribution in [2.45, 2.75) is 63.2 Å². The summed E-state index contributed by atoms with van der Waals surface area (Å²) in [6.07, 6.45) is 9.80. The summed E-state index contributed by atoms with van der Waals surface area (Å²) in [5, 5.41) is 0. The molecule has 2 aliphatic carbocycles.